The van der Waals surface area contributed by atoms with Crippen molar-refractivity contribution in [1.82, 2.24) is 40.9 Å². The van der Waals surface area contributed by atoms with Crippen LogP contribution in [0.5, 0.6) is 11.5 Å². The van der Waals surface area contributed by atoms with Crippen LogP contribution in [0.4, 0.5) is 14.5 Å². The molecule has 6 N–H and O–H groups in total. The van der Waals surface area contributed by atoms with Gasteiger partial charge in [0.2, 0.25) is 0 Å². The number of aromatic amines is 1. The van der Waals surface area contributed by atoms with E-state index in [1.165, 1.54) is 30.3 Å². The van der Waals surface area contributed by atoms with Gasteiger partial charge in [0, 0.05) is 126 Å². The zero-order valence-electron chi connectivity index (χ0n) is 50.8. The number of benzene rings is 3. The number of rotatable bonds is 3. The molecule has 0 bridgehead atoms. The Morgan fingerprint density at radius 1 is 0.511 bits per heavy atom. The standard InChI is InChI=1S/C22H21N3O3.C18H13FN2O2.C11H5FO2.C7H8INO.C7H9NO.C4H10N2/c1-13-9-16-11-20(27-21(16)14(2)24-13)18-10-15-3-4-17(12-19(15)28-22(18)26)25-7-5-23-6-8-25;1-9-5-12-7-15(21-17(12)10(2)20-9)14-6-11-3-4-13(19)8-16(11)23-18(14)22;1-2-7-5-8-3-4-9(12)6-10(8)14-11(7)13;1-4-3-6(8)7(10)5(2)9-4;1-5-3-4-7(9)6(2)8-5;1-2-6-4-3-5-1/h3-4,9-12,23H,5-8H2,1-2H3;3-8,21H,1-2H3;1,3-6H;3,10H,1-2H3;3-4,9H,1-2H3;5-6H,1-4H2. The van der Waals surface area contributed by atoms with E-state index >= 15 is 0 Å². The van der Waals surface area contributed by atoms with Crippen LogP contribution in [0.25, 0.3) is 77.4 Å². The number of halogens is 3. The summed E-state index contributed by atoms with van der Waals surface area (Å²) in [5, 5.41) is 32.1. The molecule has 0 atom stereocenters. The second kappa shape index (κ2) is 29.1. The number of hydrogen-bond acceptors (Lipinski definition) is 17. The molecule has 0 radical (unpaired) electrons. The highest BCUT2D eigenvalue weighted by Crippen LogP contribution is 2.32. The number of nitrogens with zero attached hydrogens (tertiary/aromatic N) is 5. The van der Waals surface area contributed by atoms with Gasteiger partial charge in [0.25, 0.3) is 0 Å². The first-order valence-electron chi connectivity index (χ1n) is 28.8. The Bertz CT molecular complexity index is 4790. The quantitative estimate of drug-likeness (QED) is 0.0546. The van der Waals surface area contributed by atoms with Crippen molar-refractivity contribution in [3.63, 3.8) is 0 Å². The number of aromatic nitrogens is 5. The monoisotopic (exact) mass is 1330 g/mol. The third-order valence-corrected chi connectivity index (χ3v) is 15.3. The summed E-state index contributed by atoms with van der Waals surface area (Å²) in [5.41, 5.74) is 10.6. The molecule has 3 aromatic carbocycles. The SMILES string of the molecule is C#Cc1cc2ccc(F)cc2oc1=O.C1CNCCN1.Cc1cc(I)c(O)c(C)n1.Cc1cc2cc(-c3cc4ccc(F)cc4oc3=O)[nH]c2c(C)n1.Cc1cc2cc(-c3cc4ccc(N5CCNCC5)cc4oc3=O)oc2c(C)n1.Cc1ccc(O)c(C)n1. The summed E-state index contributed by atoms with van der Waals surface area (Å²) in [5.74, 6) is 2.39. The number of aryl methyl sites for hydroxylation is 8. The molecule has 0 amide bonds. The highest BCUT2D eigenvalue weighted by molar-refractivity contribution is 14.1. The van der Waals surface area contributed by atoms with Crippen LogP contribution < -0.4 is 37.7 Å². The van der Waals surface area contributed by atoms with Gasteiger partial charge in [0.05, 0.1) is 43.1 Å². The molecule has 90 heavy (non-hydrogen) atoms. The van der Waals surface area contributed by atoms with Crippen LogP contribution in [-0.4, -0.2) is 87.5 Å². The number of nitrogens with one attached hydrogen (secondary N) is 4. The summed E-state index contributed by atoms with van der Waals surface area (Å²) in [6.07, 6.45) is 5.09. The highest BCUT2D eigenvalue weighted by atomic mass is 127. The van der Waals surface area contributed by atoms with Crippen LogP contribution in [0, 0.1) is 82.9 Å². The van der Waals surface area contributed by atoms with Crippen molar-refractivity contribution in [2.75, 3.05) is 57.3 Å². The molecule has 9 aromatic heterocycles. The first-order valence-corrected chi connectivity index (χ1v) is 29.9. The van der Waals surface area contributed by atoms with E-state index in [0.29, 0.717) is 61.7 Å². The van der Waals surface area contributed by atoms with E-state index in [-0.39, 0.29) is 22.5 Å². The van der Waals surface area contributed by atoms with Crippen molar-refractivity contribution in [3.05, 3.63) is 213 Å². The Hall–Kier alpha value is -9.60. The lowest BCUT2D eigenvalue weighted by Gasteiger charge is -2.29. The molecule has 12 aromatic rings. The third kappa shape index (κ3) is 16.2. The van der Waals surface area contributed by atoms with E-state index in [4.69, 9.17) is 29.2 Å². The molecule has 462 valence electrons. The molecule has 2 saturated heterocycles. The van der Waals surface area contributed by atoms with Gasteiger partial charge in [0.15, 0.2) is 5.58 Å². The molecule has 0 aliphatic carbocycles. The normalized spacial score (nSPS) is 12.8. The van der Waals surface area contributed by atoms with Gasteiger partial charge in [-0.25, -0.2) is 23.2 Å². The first kappa shape index (κ1) is 64.9. The van der Waals surface area contributed by atoms with Crippen molar-refractivity contribution < 1.29 is 36.7 Å². The first-order chi connectivity index (χ1) is 43.1. The predicted octanol–water partition coefficient (Wildman–Crippen LogP) is 12.2. The van der Waals surface area contributed by atoms with Crippen molar-refractivity contribution in [3.8, 4) is 46.4 Å². The molecular weight excluding hydrogens is 1260 g/mol. The topological polar surface area (TPSA) is 251 Å². The zero-order chi connectivity index (χ0) is 64.3. The van der Waals surface area contributed by atoms with Gasteiger partial charge < -0.3 is 53.7 Å². The van der Waals surface area contributed by atoms with Crippen LogP contribution in [-0.2, 0) is 0 Å². The molecule has 2 fully saturated rings. The summed E-state index contributed by atoms with van der Waals surface area (Å²) in [7, 11) is 0. The number of H-pyrrole nitrogens is 1. The number of hydrogen-bond donors (Lipinski definition) is 6. The zero-order valence-corrected chi connectivity index (χ0v) is 53.0. The summed E-state index contributed by atoms with van der Waals surface area (Å²) in [6, 6.07) is 32.1. The number of anilines is 1. The lowest BCUT2D eigenvalue weighted by atomic mass is 10.1. The molecule has 2 aliphatic rings. The van der Waals surface area contributed by atoms with E-state index in [2.05, 4.69) is 80.3 Å². The lowest BCUT2D eigenvalue weighted by Crippen LogP contribution is -2.43. The Balaban J connectivity index is 0.000000138. The van der Waals surface area contributed by atoms with Gasteiger partial charge >= 0.3 is 16.9 Å². The Morgan fingerprint density at radius 2 is 1.03 bits per heavy atom. The third-order valence-electron chi connectivity index (χ3n) is 14.4. The van der Waals surface area contributed by atoms with Gasteiger partial charge in [-0.2, -0.15) is 0 Å². The maximum absolute atomic E-state index is 13.2. The minimum absolute atomic E-state index is 0.143. The molecule has 0 spiro atoms. The van der Waals surface area contributed by atoms with Crippen LogP contribution in [0.15, 0.2) is 147 Å². The van der Waals surface area contributed by atoms with Gasteiger partial charge in [-0.3, -0.25) is 19.9 Å². The fraction of sp³-hybridized carbons (Fsp3) is 0.232. The molecular formula is C69H66F2IN9O9. The molecule has 2 aliphatic heterocycles. The van der Waals surface area contributed by atoms with E-state index in [1.807, 2.05) is 90.1 Å². The number of fused-ring (bicyclic) bond motifs is 5. The minimum Gasteiger partial charge on any atom is -0.506 e. The molecule has 18 nitrogen and oxygen atoms in total. The van der Waals surface area contributed by atoms with Crippen LogP contribution >= 0.6 is 22.6 Å². The number of pyridine rings is 4. The predicted molar refractivity (Wildman–Crippen MR) is 357 cm³/mol. The van der Waals surface area contributed by atoms with Crippen molar-refractivity contribution in [2.24, 2.45) is 0 Å². The van der Waals surface area contributed by atoms with Gasteiger partial charge in [-0.05, 0) is 175 Å². The van der Waals surface area contributed by atoms with E-state index in [0.717, 1.165) is 124 Å². The molecule has 21 heteroatoms. The Labute approximate surface area is 529 Å². The smallest absolute Gasteiger partial charge is 0.352 e. The minimum atomic E-state index is -0.620. The van der Waals surface area contributed by atoms with E-state index in [1.54, 1.807) is 38.1 Å². The van der Waals surface area contributed by atoms with E-state index in [9.17, 15) is 28.3 Å². The second-order valence-corrected chi connectivity index (χ2v) is 22.6. The number of piperazine rings is 2. The van der Waals surface area contributed by atoms with E-state index < -0.39 is 28.5 Å². The lowest BCUT2D eigenvalue weighted by molar-refractivity contribution is 0.463. The molecule has 0 unspecified atom stereocenters. The molecule has 14 rings (SSSR count). The van der Waals surface area contributed by atoms with Crippen LogP contribution in [0.3, 0.4) is 0 Å². The Kier molecular flexibility index (Phi) is 21.0. The van der Waals surface area contributed by atoms with Gasteiger partial charge in [0.1, 0.15) is 56.8 Å². The largest absolute Gasteiger partial charge is 0.506 e. The van der Waals surface area contributed by atoms with Crippen molar-refractivity contribution in [1.29, 1.82) is 0 Å². The summed E-state index contributed by atoms with van der Waals surface area (Å²) in [6.45, 7) is 23.4. The van der Waals surface area contributed by atoms with Crippen LogP contribution in [0.1, 0.15) is 51.1 Å². The second-order valence-electron chi connectivity index (χ2n) is 21.4. The molecule has 11 heterocycles. The number of furan rings is 1. The fourth-order valence-corrected chi connectivity index (χ4v) is 10.9. The average molecular weight is 1330 g/mol. The number of terminal acetylenes is 1. The van der Waals surface area contributed by atoms with Gasteiger partial charge in [-0.15, -0.1) is 6.42 Å². The fourth-order valence-electron chi connectivity index (χ4n) is 10.0. The van der Waals surface area contributed by atoms with Gasteiger partial charge in [-0.1, -0.05) is 5.92 Å². The summed E-state index contributed by atoms with van der Waals surface area (Å²) < 4.78 is 48.5. The highest BCUT2D eigenvalue weighted by Gasteiger charge is 2.18. The molecule has 0 saturated carbocycles. The summed E-state index contributed by atoms with van der Waals surface area (Å²) in [4.78, 5) is 58.5. The number of aromatic hydroxyl groups is 2. The average Bonchev–Trinajstić information content (AvgIpc) is 1.90. The van der Waals surface area contributed by atoms with Crippen molar-refractivity contribution >= 4 is 83.1 Å². The van der Waals surface area contributed by atoms with Crippen LogP contribution in [0.2, 0.25) is 0 Å². The maximum Gasteiger partial charge on any atom is 0.352 e. The summed E-state index contributed by atoms with van der Waals surface area (Å²) >= 11 is 2.09. The van der Waals surface area contributed by atoms with Crippen molar-refractivity contribution in [2.45, 2.75) is 55.4 Å². The Morgan fingerprint density at radius 3 is 1.63 bits per heavy atom. The maximum atomic E-state index is 13.2.